The Hall–Kier alpha value is -1.84. The second-order valence-electron chi connectivity index (χ2n) is 4.65. The Morgan fingerprint density at radius 2 is 2.24 bits per heavy atom. The summed E-state index contributed by atoms with van der Waals surface area (Å²) in [6.07, 6.45) is -3.52. The van der Waals surface area contributed by atoms with Crippen LogP contribution in [0, 0.1) is 5.82 Å². The second-order valence-corrected chi connectivity index (χ2v) is 4.65. The third kappa shape index (κ3) is 2.04. The van der Waals surface area contributed by atoms with Crippen LogP contribution >= 0.6 is 0 Å². The van der Waals surface area contributed by atoms with Gasteiger partial charge < -0.3 is 19.7 Å². The van der Waals surface area contributed by atoms with Gasteiger partial charge in [-0.1, -0.05) is 0 Å². The fourth-order valence-electron chi connectivity index (χ4n) is 2.44. The van der Waals surface area contributed by atoms with Crippen molar-refractivity contribution in [1.82, 2.24) is 14.5 Å². The average Bonchev–Trinajstić information content (AvgIpc) is 2.98. The number of fused-ring (bicyclic) bond motifs is 1. The van der Waals surface area contributed by atoms with Crippen LogP contribution in [0.2, 0.25) is 0 Å². The van der Waals surface area contributed by atoms with Crippen molar-refractivity contribution in [3.8, 4) is 5.88 Å². The third-order valence-corrected chi connectivity index (χ3v) is 3.47. The first-order valence-electron chi connectivity index (χ1n) is 6.22. The minimum absolute atomic E-state index is 0.00209. The van der Waals surface area contributed by atoms with E-state index in [1.54, 1.807) is 0 Å². The van der Waals surface area contributed by atoms with E-state index in [9.17, 15) is 13.9 Å². The predicted octanol–water partition coefficient (Wildman–Crippen LogP) is 0.168. The molecule has 2 N–H and O–H groups in total. The topological polar surface area (TPSA) is 89.6 Å². The van der Waals surface area contributed by atoms with Crippen LogP contribution in [-0.2, 0) is 4.74 Å². The SMILES string of the molecule is COc1ncnc2c1c(F)cn2C1OC(CO)C(O)C1F. The van der Waals surface area contributed by atoms with Gasteiger partial charge in [0.15, 0.2) is 23.9 Å². The van der Waals surface area contributed by atoms with E-state index in [-0.39, 0.29) is 16.9 Å². The maximum Gasteiger partial charge on any atom is 0.228 e. The van der Waals surface area contributed by atoms with Crippen molar-refractivity contribution < 1.29 is 28.5 Å². The van der Waals surface area contributed by atoms with Gasteiger partial charge in [0, 0.05) is 6.20 Å². The molecule has 3 rings (SSSR count). The average molecular weight is 301 g/mol. The molecule has 1 fully saturated rings. The van der Waals surface area contributed by atoms with E-state index in [2.05, 4.69) is 9.97 Å². The molecule has 0 bridgehead atoms. The van der Waals surface area contributed by atoms with Gasteiger partial charge in [-0.15, -0.1) is 0 Å². The number of aliphatic hydroxyl groups excluding tert-OH is 2. The molecule has 9 heteroatoms. The van der Waals surface area contributed by atoms with Crippen molar-refractivity contribution in [2.45, 2.75) is 24.6 Å². The lowest BCUT2D eigenvalue weighted by Gasteiger charge is -2.15. The molecular formula is C12H13F2N3O4. The third-order valence-electron chi connectivity index (χ3n) is 3.47. The van der Waals surface area contributed by atoms with E-state index in [4.69, 9.17) is 14.6 Å². The fourth-order valence-corrected chi connectivity index (χ4v) is 2.44. The van der Waals surface area contributed by atoms with Gasteiger partial charge >= 0.3 is 0 Å². The number of hydrogen-bond acceptors (Lipinski definition) is 6. The smallest absolute Gasteiger partial charge is 0.228 e. The lowest BCUT2D eigenvalue weighted by Crippen LogP contribution is -2.30. The summed E-state index contributed by atoms with van der Waals surface area (Å²) >= 11 is 0. The van der Waals surface area contributed by atoms with Crippen molar-refractivity contribution in [2.24, 2.45) is 0 Å². The van der Waals surface area contributed by atoms with Crippen LogP contribution < -0.4 is 4.74 Å². The number of hydrogen-bond donors (Lipinski definition) is 2. The molecule has 2 aromatic heterocycles. The molecule has 21 heavy (non-hydrogen) atoms. The van der Waals surface area contributed by atoms with Gasteiger partial charge in [0.1, 0.15) is 23.9 Å². The van der Waals surface area contributed by atoms with Gasteiger partial charge in [-0.25, -0.2) is 18.7 Å². The Morgan fingerprint density at radius 1 is 1.48 bits per heavy atom. The van der Waals surface area contributed by atoms with Gasteiger partial charge in [-0.05, 0) is 0 Å². The van der Waals surface area contributed by atoms with Gasteiger partial charge in [0.05, 0.1) is 13.7 Å². The quantitative estimate of drug-likeness (QED) is 0.840. The Morgan fingerprint density at radius 3 is 2.86 bits per heavy atom. The summed E-state index contributed by atoms with van der Waals surface area (Å²) in [5.41, 5.74) is 0.0813. The van der Waals surface area contributed by atoms with Crippen LogP contribution in [-0.4, -0.2) is 56.8 Å². The van der Waals surface area contributed by atoms with E-state index in [0.29, 0.717) is 0 Å². The van der Waals surface area contributed by atoms with E-state index in [1.807, 2.05) is 0 Å². The molecule has 1 aliphatic heterocycles. The van der Waals surface area contributed by atoms with Gasteiger partial charge in [0.2, 0.25) is 5.88 Å². The van der Waals surface area contributed by atoms with Crippen molar-refractivity contribution in [1.29, 1.82) is 0 Å². The molecule has 3 heterocycles. The van der Waals surface area contributed by atoms with Crippen LogP contribution in [0.5, 0.6) is 5.88 Å². The molecule has 114 valence electrons. The minimum Gasteiger partial charge on any atom is -0.480 e. The van der Waals surface area contributed by atoms with Gasteiger partial charge in [-0.3, -0.25) is 4.57 Å². The molecule has 1 saturated heterocycles. The highest BCUT2D eigenvalue weighted by atomic mass is 19.1. The zero-order chi connectivity index (χ0) is 15.1. The van der Waals surface area contributed by atoms with Crippen molar-refractivity contribution >= 4 is 11.0 Å². The number of aromatic nitrogens is 3. The normalized spacial score (nSPS) is 29.2. The number of nitrogens with zero attached hydrogens (tertiary/aromatic N) is 3. The first-order valence-corrected chi connectivity index (χ1v) is 6.22. The molecule has 0 spiro atoms. The molecule has 0 aliphatic carbocycles. The monoisotopic (exact) mass is 301 g/mol. The summed E-state index contributed by atoms with van der Waals surface area (Å²) in [6.45, 7) is -0.544. The molecular weight excluding hydrogens is 288 g/mol. The van der Waals surface area contributed by atoms with Crippen molar-refractivity contribution in [3.05, 3.63) is 18.3 Å². The zero-order valence-corrected chi connectivity index (χ0v) is 11.0. The summed E-state index contributed by atoms with van der Waals surface area (Å²) in [6, 6.07) is 0. The highest BCUT2D eigenvalue weighted by Crippen LogP contribution is 2.36. The van der Waals surface area contributed by atoms with Crippen LogP contribution in [0.4, 0.5) is 8.78 Å². The number of alkyl halides is 1. The van der Waals surface area contributed by atoms with Crippen LogP contribution in [0.1, 0.15) is 6.23 Å². The van der Waals surface area contributed by atoms with E-state index < -0.39 is 37.0 Å². The lowest BCUT2D eigenvalue weighted by atomic mass is 10.1. The fraction of sp³-hybridized carbons (Fsp3) is 0.500. The standard InChI is InChI=1S/C12H13F2N3O4/c1-20-11-7-5(13)2-17(10(7)15-4-16-11)12-8(14)9(19)6(3-18)21-12/h2,4,6,8-9,12,18-19H,3H2,1H3. The maximum absolute atomic E-state index is 14.1. The highest BCUT2D eigenvalue weighted by molar-refractivity contribution is 5.82. The molecule has 0 aromatic carbocycles. The molecule has 0 amide bonds. The Kier molecular flexibility index (Phi) is 3.47. The first-order chi connectivity index (χ1) is 10.1. The number of halogens is 2. The molecule has 4 unspecified atom stereocenters. The highest BCUT2D eigenvalue weighted by Gasteiger charge is 2.45. The zero-order valence-electron chi connectivity index (χ0n) is 11.0. The predicted molar refractivity (Wildman–Crippen MR) is 65.9 cm³/mol. The Bertz CT molecular complexity index is 665. The summed E-state index contributed by atoms with van der Waals surface area (Å²) in [4.78, 5) is 7.69. The Balaban J connectivity index is 2.10. The molecule has 0 radical (unpaired) electrons. The summed E-state index contributed by atoms with van der Waals surface area (Å²) in [5.74, 6) is -0.677. The summed E-state index contributed by atoms with van der Waals surface area (Å²) < 4.78 is 39.5. The number of rotatable bonds is 3. The molecule has 0 saturated carbocycles. The van der Waals surface area contributed by atoms with Crippen LogP contribution in [0.25, 0.3) is 11.0 Å². The maximum atomic E-state index is 14.1. The number of ether oxygens (including phenoxy) is 2. The summed E-state index contributed by atoms with van der Waals surface area (Å²) in [5, 5.41) is 18.7. The second kappa shape index (κ2) is 5.17. The van der Waals surface area contributed by atoms with Crippen molar-refractivity contribution in [2.75, 3.05) is 13.7 Å². The molecule has 4 atom stereocenters. The van der Waals surface area contributed by atoms with Gasteiger partial charge in [-0.2, -0.15) is 0 Å². The summed E-state index contributed by atoms with van der Waals surface area (Å²) in [7, 11) is 1.33. The minimum atomic E-state index is -1.82. The first kappa shape index (κ1) is 14.1. The largest absolute Gasteiger partial charge is 0.480 e. The van der Waals surface area contributed by atoms with Gasteiger partial charge in [0.25, 0.3) is 0 Å². The molecule has 2 aromatic rings. The van der Waals surface area contributed by atoms with Crippen LogP contribution in [0.3, 0.4) is 0 Å². The number of aliphatic hydroxyl groups is 2. The van der Waals surface area contributed by atoms with Crippen LogP contribution in [0.15, 0.2) is 12.5 Å². The van der Waals surface area contributed by atoms with E-state index >= 15 is 0 Å². The molecule has 7 nitrogen and oxygen atoms in total. The lowest BCUT2D eigenvalue weighted by molar-refractivity contribution is -0.0459. The van der Waals surface area contributed by atoms with E-state index in [1.165, 1.54) is 7.11 Å². The Labute approximate surface area is 117 Å². The molecule has 1 aliphatic rings. The van der Waals surface area contributed by atoms with Crippen molar-refractivity contribution in [3.63, 3.8) is 0 Å². The van der Waals surface area contributed by atoms with E-state index in [0.717, 1.165) is 17.1 Å². The number of methoxy groups -OCH3 is 1.